The fourth-order valence-electron chi connectivity index (χ4n) is 2.37. The van der Waals surface area contributed by atoms with Crippen LogP contribution in [0.3, 0.4) is 0 Å². The van der Waals surface area contributed by atoms with Crippen molar-refractivity contribution in [1.29, 1.82) is 0 Å². The second kappa shape index (κ2) is 6.19. The normalized spacial score (nSPS) is 10.9. The van der Waals surface area contributed by atoms with Gasteiger partial charge in [0.05, 0.1) is 5.52 Å². The van der Waals surface area contributed by atoms with Crippen molar-refractivity contribution in [2.24, 2.45) is 0 Å². The van der Waals surface area contributed by atoms with Gasteiger partial charge in [-0.25, -0.2) is 4.98 Å². The monoisotopic (exact) mass is 294 g/mol. The molecule has 0 aliphatic carbocycles. The Bertz CT molecular complexity index is 768. The lowest BCUT2D eigenvalue weighted by molar-refractivity contribution is 1.30. The largest absolute Gasteiger partial charge is 0.383 e. The van der Waals surface area contributed by atoms with Crippen molar-refractivity contribution in [1.82, 2.24) is 4.98 Å². The van der Waals surface area contributed by atoms with E-state index in [1.807, 2.05) is 30.0 Å². The van der Waals surface area contributed by atoms with Crippen LogP contribution in [0, 0.1) is 6.92 Å². The lowest BCUT2D eigenvalue weighted by Gasteiger charge is -2.07. The summed E-state index contributed by atoms with van der Waals surface area (Å²) in [6, 6.07) is 18.9. The average molecular weight is 294 g/mol. The van der Waals surface area contributed by atoms with Crippen molar-refractivity contribution in [3.05, 3.63) is 71.3 Å². The molecule has 0 unspecified atom stereocenters. The van der Waals surface area contributed by atoms with E-state index < -0.39 is 0 Å². The molecule has 2 aromatic carbocycles. The van der Waals surface area contributed by atoms with Crippen LogP contribution in [-0.2, 0) is 11.5 Å². The van der Waals surface area contributed by atoms with Gasteiger partial charge in [0, 0.05) is 22.5 Å². The predicted molar refractivity (Wildman–Crippen MR) is 92.3 cm³/mol. The molecular weight excluding hydrogens is 276 g/mol. The third-order valence-electron chi connectivity index (χ3n) is 3.45. The first-order valence-corrected chi connectivity index (χ1v) is 8.15. The van der Waals surface area contributed by atoms with Gasteiger partial charge in [0.15, 0.2) is 0 Å². The smallest absolute Gasteiger partial charge is 0.128 e. The van der Waals surface area contributed by atoms with Crippen molar-refractivity contribution >= 4 is 28.5 Å². The number of pyridine rings is 1. The highest BCUT2D eigenvalue weighted by atomic mass is 32.2. The van der Waals surface area contributed by atoms with Crippen LogP contribution in [-0.4, -0.2) is 4.98 Å². The number of hydrogen-bond donors (Lipinski definition) is 1. The summed E-state index contributed by atoms with van der Waals surface area (Å²) in [6.07, 6.45) is 0. The first kappa shape index (κ1) is 14.0. The Labute approximate surface area is 129 Å². The third kappa shape index (κ3) is 3.37. The van der Waals surface area contributed by atoms with Crippen LogP contribution in [0.4, 0.5) is 5.82 Å². The molecule has 0 saturated heterocycles. The maximum atomic E-state index is 6.07. The Morgan fingerprint density at radius 2 is 1.86 bits per heavy atom. The van der Waals surface area contributed by atoms with Gasteiger partial charge in [0.1, 0.15) is 5.82 Å². The molecule has 1 aromatic heterocycles. The van der Waals surface area contributed by atoms with Gasteiger partial charge in [-0.3, -0.25) is 0 Å². The van der Waals surface area contributed by atoms with E-state index in [2.05, 4.69) is 48.3 Å². The van der Waals surface area contributed by atoms with Crippen molar-refractivity contribution in [2.45, 2.75) is 18.4 Å². The minimum absolute atomic E-state index is 0.644. The van der Waals surface area contributed by atoms with Crippen LogP contribution in [0.5, 0.6) is 0 Å². The van der Waals surface area contributed by atoms with E-state index in [-0.39, 0.29) is 0 Å². The number of rotatable bonds is 4. The SMILES string of the molecule is Cc1cccc(CSCc2cc3ccccc3nc2N)c1. The van der Waals surface area contributed by atoms with Gasteiger partial charge in [0.2, 0.25) is 0 Å². The summed E-state index contributed by atoms with van der Waals surface area (Å²) in [7, 11) is 0. The molecule has 3 rings (SSSR count). The number of para-hydroxylation sites is 1. The van der Waals surface area contributed by atoms with Crippen molar-refractivity contribution < 1.29 is 0 Å². The summed E-state index contributed by atoms with van der Waals surface area (Å²) < 4.78 is 0. The summed E-state index contributed by atoms with van der Waals surface area (Å²) in [4.78, 5) is 4.48. The van der Waals surface area contributed by atoms with Crippen molar-refractivity contribution in [2.75, 3.05) is 5.73 Å². The number of anilines is 1. The summed E-state index contributed by atoms with van der Waals surface area (Å²) in [5.41, 5.74) is 10.8. The fraction of sp³-hybridized carbons (Fsp3) is 0.167. The number of nitrogens with two attached hydrogens (primary N) is 1. The zero-order valence-corrected chi connectivity index (χ0v) is 12.9. The molecule has 0 amide bonds. The second-order valence-corrected chi connectivity index (χ2v) is 6.19. The van der Waals surface area contributed by atoms with E-state index in [9.17, 15) is 0 Å². The summed E-state index contributed by atoms with van der Waals surface area (Å²) >= 11 is 1.87. The first-order chi connectivity index (χ1) is 10.2. The van der Waals surface area contributed by atoms with Gasteiger partial charge < -0.3 is 5.73 Å². The molecule has 0 fully saturated rings. The maximum absolute atomic E-state index is 6.07. The Balaban J connectivity index is 1.71. The topological polar surface area (TPSA) is 38.9 Å². The van der Waals surface area contributed by atoms with E-state index in [1.54, 1.807) is 0 Å². The molecule has 2 N–H and O–H groups in total. The highest BCUT2D eigenvalue weighted by Crippen LogP contribution is 2.24. The molecule has 0 radical (unpaired) electrons. The molecule has 106 valence electrons. The second-order valence-electron chi connectivity index (χ2n) is 5.21. The van der Waals surface area contributed by atoms with Crippen LogP contribution in [0.25, 0.3) is 10.9 Å². The van der Waals surface area contributed by atoms with Gasteiger partial charge >= 0.3 is 0 Å². The number of aromatic nitrogens is 1. The molecule has 0 saturated carbocycles. The van der Waals surface area contributed by atoms with Crippen LogP contribution in [0.15, 0.2) is 54.6 Å². The Morgan fingerprint density at radius 1 is 1.00 bits per heavy atom. The zero-order valence-electron chi connectivity index (χ0n) is 12.0. The van der Waals surface area contributed by atoms with Crippen molar-refractivity contribution in [3.63, 3.8) is 0 Å². The van der Waals surface area contributed by atoms with E-state index >= 15 is 0 Å². The molecular formula is C18H18N2S. The first-order valence-electron chi connectivity index (χ1n) is 7.00. The Morgan fingerprint density at radius 3 is 2.71 bits per heavy atom. The van der Waals surface area contributed by atoms with Crippen LogP contribution in [0.1, 0.15) is 16.7 Å². The summed E-state index contributed by atoms with van der Waals surface area (Å²) in [5.74, 6) is 2.52. The average Bonchev–Trinajstić information content (AvgIpc) is 2.48. The summed E-state index contributed by atoms with van der Waals surface area (Å²) in [5, 5.41) is 1.15. The number of hydrogen-bond acceptors (Lipinski definition) is 3. The van der Waals surface area contributed by atoms with Gasteiger partial charge in [-0.15, -0.1) is 0 Å². The number of aryl methyl sites for hydroxylation is 1. The molecule has 2 nitrogen and oxygen atoms in total. The minimum atomic E-state index is 0.644. The Hall–Kier alpha value is -2.00. The van der Waals surface area contributed by atoms with Gasteiger partial charge in [-0.1, -0.05) is 48.0 Å². The van der Waals surface area contributed by atoms with E-state index in [4.69, 9.17) is 5.73 Å². The Kier molecular flexibility index (Phi) is 4.11. The van der Waals surface area contributed by atoms with Crippen molar-refractivity contribution in [3.8, 4) is 0 Å². The molecule has 3 aromatic rings. The van der Waals surface area contributed by atoms with Crippen LogP contribution in [0.2, 0.25) is 0 Å². The maximum Gasteiger partial charge on any atom is 0.128 e. The van der Waals surface area contributed by atoms with Crippen LogP contribution >= 0.6 is 11.8 Å². The lowest BCUT2D eigenvalue weighted by atomic mass is 10.1. The number of nitrogens with zero attached hydrogens (tertiary/aromatic N) is 1. The molecule has 0 bridgehead atoms. The van der Waals surface area contributed by atoms with E-state index in [0.717, 1.165) is 28.0 Å². The highest BCUT2D eigenvalue weighted by molar-refractivity contribution is 7.97. The molecule has 21 heavy (non-hydrogen) atoms. The zero-order chi connectivity index (χ0) is 14.7. The van der Waals surface area contributed by atoms with Gasteiger partial charge in [-0.05, 0) is 24.6 Å². The highest BCUT2D eigenvalue weighted by Gasteiger charge is 2.04. The number of fused-ring (bicyclic) bond motifs is 1. The number of thioether (sulfide) groups is 1. The van der Waals surface area contributed by atoms with E-state index in [1.165, 1.54) is 11.1 Å². The van der Waals surface area contributed by atoms with E-state index in [0.29, 0.717) is 5.82 Å². The number of benzene rings is 2. The minimum Gasteiger partial charge on any atom is -0.383 e. The predicted octanol–water partition coefficient (Wildman–Crippen LogP) is 4.56. The molecule has 3 heteroatoms. The molecule has 1 heterocycles. The molecule has 0 aliphatic heterocycles. The molecule has 0 aliphatic rings. The summed E-state index contributed by atoms with van der Waals surface area (Å²) in [6.45, 7) is 2.12. The number of nitrogen functional groups attached to an aromatic ring is 1. The van der Waals surface area contributed by atoms with Gasteiger partial charge in [-0.2, -0.15) is 11.8 Å². The van der Waals surface area contributed by atoms with Crippen LogP contribution < -0.4 is 5.73 Å². The molecule has 0 spiro atoms. The quantitative estimate of drug-likeness (QED) is 0.766. The molecule has 0 atom stereocenters. The van der Waals surface area contributed by atoms with Gasteiger partial charge in [0.25, 0.3) is 0 Å². The third-order valence-corrected chi connectivity index (χ3v) is 4.50. The fourth-order valence-corrected chi connectivity index (χ4v) is 3.34. The lowest BCUT2D eigenvalue weighted by Crippen LogP contribution is -1.97. The standard InChI is InChI=1S/C18H18N2S/c1-13-5-4-6-14(9-13)11-21-12-16-10-15-7-2-3-8-17(15)20-18(16)19/h2-10H,11-12H2,1H3,(H2,19,20).